The lowest BCUT2D eigenvalue weighted by Gasteiger charge is -2.47. The highest BCUT2D eigenvalue weighted by Gasteiger charge is 2.44. The van der Waals surface area contributed by atoms with Gasteiger partial charge in [-0.1, -0.05) is 22.0 Å². The number of hydrogen-bond donors (Lipinski definition) is 6. The van der Waals surface area contributed by atoms with Crippen molar-refractivity contribution < 1.29 is 14.4 Å². The number of benzene rings is 1. The standard InChI is InChI=1S/C23H31ClN16O3/c1-12(2)29-22(43)30-14-5-3-13(4-6-14)20(42)39-9-7-23(8-10-39)11-28-36-21(40(23)27)33-19(41)15-17(34-37-25)32-18(35-38-26)16(24)31-15/h3-6,12,17,32H,7-11,27H2,1-2H3,(H2,25,34)(H2,26,35)(H2,29,30,43)/b33-21+. The lowest BCUT2D eigenvalue weighted by Crippen LogP contribution is -2.63. The van der Waals surface area contributed by atoms with Gasteiger partial charge < -0.3 is 32.5 Å². The third-order valence-electron chi connectivity index (χ3n) is 6.75. The smallest absolute Gasteiger partial charge is 0.319 e. The van der Waals surface area contributed by atoms with Gasteiger partial charge in [-0.3, -0.25) is 14.6 Å². The molecule has 1 fully saturated rings. The summed E-state index contributed by atoms with van der Waals surface area (Å²) in [6.07, 6.45) is -0.308. The summed E-state index contributed by atoms with van der Waals surface area (Å²) in [6, 6.07) is 6.30. The van der Waals surface area contributed by atoms with Crippen LogP contribution in [0.5, 0.6) is 0 Å². The molecule has 0 saturated carbocycles. The van der Waals surface area contributed by atoms with Crippen LogP contribution in [0.2, 0.25) is 0 Å². The molecule has 3 aliphatic rings. The Morgan fingerprint density at radius 1 is 1.14 bits per heavy atom. The number of rotatable bonds is 6. The monoisotopic (exact) mass is 614 g/mol. The van der Waals surface area contributed by atoms with Crippen LogP contribution >= 0.6 is 11.6 Å². The molecule has 0 aliphatic carbocycles. The normalized spacial score (nSPS) is 21.1. The number of likely N-dealkylation sites (tertiary alicyclic amines) is 1. The van der Waals surface area contributed by atoms with Gasteiger partial charge in [0.05, 0.1) is 12.1 Å². The Labute approximate surface area is 250 Å². The Morgan fingerprint density at radius 2 is 1.84 bits per heavy atom. The highest BCUT2D eigenvalue weighted by Crippen LogP contribution is 2.31. The number of piperidine rings is 1. The molecule has 3 heterocycles. The first-order chi connectivity index (χ1) is 20.6. The molecule has 228 valence electrons. The zero-order chi connectivity index (χ0) is 31.1. The predicted molar refractivity (Wildman–Crippen MR) is 155 cm³/mol. The van der Waals surface area contributed by atoms with Crippen LogP contribution in [0.15, 0.2) is 76.1 Å². The van der Waals surface area contributed by atoms with Crippen molar-refractivity contribution in [2.45, 2.75) is 44.4 Å². The van der Waals surface area contributed by atoms with Crippen molar-refractivity contribution in [3.63, 3.8) is 0 Å². The van der Waals surface area contributed by atoms with Gasteiger partial charge in [0.25, 0.3) is 17.8 Å². The van der Waals surface area contributed by atoms with Crippen molar-refractivity contribution in [3.8, 4) is 0 Å². The number of azo groups is 1. The van der Waals surface area contributed by atoms with Gasteiger partial charge >= 0.3 is 6.03 Å². The number of halogens is 1. The first-order valence-electron chi connectivity index (χ1n) is 13.0. The van der Waals surface area contributed by atoms with E-state index in [-0.39, 0.29) is 47.2 Å². The third kappa shape index (κ3) is 7.07. The Morgan fingerprint density at radius 3 is 2.47 bits per heavy atom. The van der Waals surface area contributed by atoms with Gasteiger partial charge in [-0.15, -0.1) is 15.3 Å². The molecule has 1 saturated heterocycles. The minimum atomic E-state index is -1.18. The number of amides is 4. The van der Waals surface area contributed by atoms with Crippen LogP contribution in [0.1, 0.15) is 37.0 Å². The van der Waals surface area contributed by atoms with Gasteiger partial charge in [0.15, 0.2) is 22.9 Å². The van der Waals surface area contributed by atoms with Gasteiger partial charge in [-0.2, -0.15) is 10.1 Å². The van der Waals surface area contributed by atoms with E-state index in [9.17, 15) is 14.4 Å². The van der Waals surface area contributed by atoms with Gasteiger partial charge in [-0.05, 0) is 51.0 Å². The summed E-state index contributed by atoms with van der Waals surface area (Å²) in [5, 5.41) is 30.9. The molecule has 0 bridgehead atoms. The van der Waals surface area contributed by atoms with Crippen LogP contribution in [0.25, 0.3) is 0 Å². The molecular formula is C23H31ClN16O3. The van der Waals surface area contributed by atoms with Crippen molar-refractivity contribution in [3.05, 3.63) is 40.8 Å². The first kappa shape index (κ1) is 30.9. The van der Waals surface area contributed by atoms with E-state index < -0.39 is 17.6 Å². The van der Waals surface area contributed by atoms with Gasteiger partial charge in [0, 0.05) is 30.4 Å². The minimum absolute atomic E-state index is 0.00839. The number of carbonyl (C=O) groups excluding carboxylic acids is 3. The van der Waals surface area contributed by atoms with Gasteiger partial charge in [-0.25, -0.2) is 15.6 Å². The van der Waals surface area contributed by atoms with E-state index in [0.29, 0.717) is 37.2 Å². The Bertz CT molecular complexity index is 1430. The van der Waals surface area contributed by atoms with Crippen LogP contribution in [-0.4, -0.2) is 76.8 Å². The second kappa shape index (κ2) is 13.3. The Kier molecular flexibility index (Phi) is 9.56. The summed E-state index contributed by atoms with van der Waals surface area (Å²) >= 11 is 6.07. The number of anilines is 1. The Balaban J connectivity index is 1.43. The average Bonchev–Trinajstić information content (AvgIpc) is 2.97. The number of nitrogens with one attached hydrogen (secondary N) is 3. The highest BCUT2D eigenvalue weighted by atomic mass is 35.5. The maximum atomic E-state index is 13.2. The number of hydrazine groups is 1. The fraction of sp³-hybridized carbons (Fsp3) is 0.435. The number of carbonyl (C=O) groups is 3. The minimum Gasteiger partial charge on any atom is -0.338 e. The van der Waals surface area contributed by atoms with Crippen LogP contribution in [0.3, 0.4) is 0 Å². The van der Waals surface area contributed by atoms with E-state index in [0.717, 1.165) is 0 Å². The van der Waals surface area contributed by atoms with Crippen LogP contribution in [-0.2, 0) is 4.79 Å². The first-order valence-corrected chi connectivity index (χ1v) is 13.4. The fourth-order valence-electron chi connectivity index (χ4n) is 4.54. The summed E-state index contributed by atoms with van der Waals surface area (Å²) in [7, 11) is 0. The topological polar surface area (TPSA) is 271 Å². The van der Waals surface area contributed by atoms with Crippen molar-refractivity contribution in [2.75, 3.05) is 25.0 Å². The summed E-state index contributed by atoms with van der Waals surface area (Å²) in [4.78, 5) is 47.9. The van der Waals surface area contributed by atoms with E-state index in [4.69, 9.17) is 29.1 Å². The zero-order valence-corrected chi connectivity index (χ0v) is 24.1. The quantitative estimate of drug-likeness (QED) is 0.116. The van der Waals surface area contributed by atoms with Crippen molar-refractivity contribution >= 4 is 46.8 Å². The van der Waals surface area contributed by atoms with E-state index in [1.54, 1.807) is 29.2 Å². The van der Waals surface area contributed by atoms with Gasteiger partial charge in [0.1, 0.15) is 0 Å². The number of hydrogen-bond acceptors (Lipinski definition) is 11. The molecule has 1 spiro atoms. The summed E-state index contributed by atoms with van der Waals surface area (Å²) in [5.74, 6) is 15.4. The van der Waals surface area contributed by atoms with Crippen molar-refractivity contribution in [1.82, 2.24) is 20.5 Å². The van der Waals surface area contributed by atoms with Crippen molar-refractivity contribution in [2.24, 2.45) is 58.4 Å². The second-order valence-corrected chi connectivity index (χ2v) is 10.3. The third-order valence-corrected chi connectivity index (χ3v) is 7.01. The number of guanidine groups is 1. The van der Waals surface area contributed by atoms with E-state index >= 15 is 0 Å². The molecule has 3 aliphatic heterocycles. The number of aliphatic imine (C=N–C) groups is 2. The summed E-state index contributed by atoms with van der Waals surface area (Å²) < 4.78 is 0. The van der Waals surface area contributed by atoms with E-state index in [1.807, 2.05) is 13.8 Å². The molecule has 20 heteroatoms. The molecule has 1 aromatic rings. The Hall–Kier alpha value is -5.04. The van der Waals surface area contributed by atoms with E-state index in [1.165, 1.54) is 5.01 Å². The largest absolute Gasteiger partial charge is 0.338 e. The average molecular weight is 615 g/mol. The van der Waals surface area contributed by atoms with E-state index in [2.05, 4.69) is 56.8 Å². The summed E-state index contributed by atoms with van der Waals surface area (Å²) in [5.41, 5.74) is 0.0476. The SMILES string of the molecule is CC(C)NC(=O)Nc1ccc(C(=O)N2CCC3(CC2)CN=N/C(=N\C(=O)C2=NC(Cl)=C(N=NN)NC2N=NN)N3N)cc1. The van der Waals surface area contributed by atoms with Crippen LogP contribution in [0, 0.1) is 0 Å². The summed E-state index contributed by atoms with van der Waals surface area (Å²) in [6.45, 7) is 4.70. The lowest BCUT2D eigenvalue weighted by atomic mass is 9.86. The molecule has 4 rings (SSSR count). The molecular weight excluding hydrogens is 584 g/mol. The number of nitrogens with zero attached hydrogens (tertiary/aromatic N) is 10. The second-order valence-electron chi connectivity index (χ2n) is 9.96. The molecule has 43 heavy (non-hydrogen) atoms. The molecule has 19 nitrogen and oxygen atoms in total. The highest BCUT2D eigenvalue weighted by molar-refractivity contribution is 6.44. The van der Waals surface area contributed by atoms with Crippen LogP contribution in [0.4, 0.5) is 10.5 Å². The van der Waals surface area contributed by atoms with Gasteiger partial charge in [0.2, 0.25) is 0 Å². The molecule has 1 atom stereocenters. The molecule has 1 unspecified atom stereocenters. The van der Waals surface area contributed by atoms with Crippen molar-refractivity contribution in [1.29, 1.82) is 0 Å². The molecule has 1 aromatic carbocycles. The molecule has 0 radical (unpaired) electrons. The number of nitrogens with two attached hydrogens (primary N) is 3. The fourth-order valence-corrected chi connectivity index (χ4v) is 4.73. The lowest BCUT2D eigenvalue weighted by molar-refractivity contribution is -0.112. The molecule has 4 amide bonds. The maximum absolute atomic E-state index is 13.2. The zero-order valence-electron chi connectivity index (χ0n) is 23.3. The van der Waals surface area contributed by atoms with Crippen LogP contribution < -0.4 is 33.5 Å². The molecule has 9 N–H and O–H groups in total. The number of urea groups is 1. The predicted octanol–water partition coefficient (Wildman–Crippen LogP) is 1.10. The maximum Gasteiger partial charge on any atom is 0.319 e. The molecule has 0 aromatic heterocycles.